The number of hydrogen-bond donors (Lipinski definition) is 1. The Kier molecular flexibility index (Phi) is 9.15. The predicted molar refractivity (Wildman–Crippen MR) is 136 cm³/mol. The van der Waals surface area contributed by atoms with Crippen molar-refractivity contribution >= 4 is 41.3 Å². The van der Waals surface area contributed by atoms with Crippen LogP contribution < -0.4 is 15.1 Å². The molecule has 0 amide bonds. The average Bonchev–Trinajstić information content (AvgIpc) is 3.40. The Balaban J connectivity index is 0.00000136. The number of nitrogens with one attached hydrogen (secondary N) is 1. The predicted octanol–water partition coefficient (Wildman–Crippen LogP) is 3.23. The lowest BCUT2D eigenvalue weighted by Gasteiger charge is -2.34. The highest BCUT2D eigenvalue weighted by atomic mass is 35.5. The summed E-state index contributed by atoms with van der Waals surface area (Å²) in [5.74, 6) is 2.48. The van der Waals surface area contributed by atoms with Crippen LogP contribution in [0.15, 0.2) is 52.8 Å². The number of fused-ring (bicyclic) bond motifs is 1. The van der Waals surface area contributed by atoms with Gasteiger partial charge in [0.15, 0.2) is 12.1 Å². The minimum atomic E-state index is -0.629. The largest absolute Gasteiger partial charge is 0.485 e. The van der Waals surface area contributed by atoms with Crippen molar-refractivity contribution in [1.29, 1.82) is 0 Å². The summed E-state index contributed by atoms with van der Waals surface area (Å²) in [6.07, 6.45) is 1.91. The maximum atomic E-state index is 6.01. The molecule has 2 aliphatic rings. The lowest BCUT2D eigenvalue weighted by atomic mass is 10.0. The second-order valence-electron chi connectivity index (χ2n) is 8.42. The van der Waals surface area contributed by atoms with Gasteiger partial charge in [0.2, 0.25) is 5.82 Å². The zero-order valence-corrected chi connectivity index (χ0v) is 21.0. The van der Waals surface area contributed by atoms with Gasteiger partial charge in [-0.25, -0.2) is 0 Å². The Morgan fingerprint density at radius 3 is 2.59 bits per heavy atom. The molecule has 1 fully saturated rings. The second-order valence-corrected chi connectivity index (χ2v) is 8.42. The number of halogens is 2. The number of piperazine rings is 1. The Morgan fingerprint density at radius 2 is 1.88 bits per heavy atom. The highest BCUT2D eigenvalue weighted by Gasteiger charge is 2.36. The molecule has 0 aliphatic carbocycles. The summed E-state index contributed by atoms with van der Waals surface area (Å²) in [5, 5.41) is 6.45. The molecule has 3 aromatic rings. The minimum absolute atomic E-state index is 0. The van der Waals surface area contributed by atoms with E-state index in [9.17, 15) is 0 Å². The first kappa shape index (κ1) is 27.7. The normalized spacial score (nSPS) is 20.0. The molecule has 0 radical (unpaired) electrons. The number of hydrogen-bond acceptors (Lipinski definition) is 8. The SMILES string of the molecule is CC1=CC(C)(c2nc(COc3ccc4cccc(N5CCN(C)CC5)c4c3)no2)NO1.Cl.Cl.O. The van der Waals surface area contributed by atoms with Gasteiger partial charge in [-0.05, 0) is 50.6 Å². The van der Waals surface area contributed by atoms with Crippen molar-refractivity contribution in [2.45, 2.75) is 26.0 Å². The van der Waals surface area contributed by atoms with Crippen LogP contribution in [0.1, 0.15) is 25.6 Å². The van der Waals surface area contributed by atoms with Crippen LogP contribution >= 0.6 is 24.8 Å². The Bertz CT molecular complexity index is 1130. The average molecular weight is 512 g/mol. The molecule has 1 saturated heterocycles. The number of anilines is 1. The zero-order chi connectivity index (χ0) is 21.4. The molecule has 1 aromatic heterocycles. The van der Waals surface area contributed by atoms with Crippen molar-refractivity contribution in [3.05, 3.63) is 59.9 Å². The first-order valence-electron chi connectivity index (χ1n) is 10.6. The number of likely N-dealkylation sites (N-methyl/N-ethyl adjacent to an activating group) is 1. The van der Waals surface area contributed by atoms with Crippen LogP contribution in [0.4, 0.5) is 5.69 Å². The van der Waals surface area contributed by atoms with Crippen LogP contribution in [0.2, 0.25) is 0 Å². The summed E-state index contributed by atoms with van der Waals surface area (Å²) in [6.45, 7) is 8.21. The number of rotatable bonds is 5. The molecule has 1 atom stereocenters. The van der Waals surface area contributed by atoms with Gasteiger partial charge in [-0.3, -0.25) is 0 Å². The number of hydroxylamine groups is 1. The van der Waals surface area contributed by atoms with E-state index in [1.54, 1.807) is 0 Å². The second kappa shape index (κ2) is 11.2. The molecule has 9 nitrogen and oxygen atoms in total. The van der Waals surface area contributed by atoms with Crippen molar-refractivity contribution in [3.63, 3.8) is 0 Å². The van der Waals surface area contributed by atoms with Crippen molar-refractivity contribution in [3.8, 4) is 5.75 Å². The molecular weight excluding hydrogens is 481 g/mol. The minimum Gasteiger partial charge on any atom is -0.485 e. The maximum absolute atomic E-state index is 6.01. The molecule has 5 rings (SSSR count). The van der Waals surface area contributed by atoms with Gasteiger partial charge in [-0.15, -0.1) is 30.3 Å². The molecule has 0 bridgehead atoms. The maximum Gasteiger partial charge on any atom is 0.254 e. The van der Waals surface area contributed by atoms with E-state index in [1.807, 2.05) is 26.0 Å². The van der Waals surface area contributed by atoms with Gasteiger partial charge in [0, 0.05) is 37.3 Å². The monoisotopic (exact) mass is 511 g/mol. The number of benzene rings is 2. The van der Waals surface area contributed by atoms with E-state index in [0.29, 0.717) is 11.7 Å². The lowest BCUT2D eigenvalue weighted by Crippen LogP contribution is -2.44. The number of aromatic nitrogens is 2. The molecule has 186 valence electrons. The van der Waals surface area contributed by atoms with Crippen LogP contribution in [0.25, 0.3) is 10.8 Å². The standard InChI is InChI=1S/C23H27N5O3.2ClH.H2O/c1-16-14-23(2,26-30-16)22-24-21(25-31-22)15-29-18-8-7-17-5-4-6-20(19(17)13-18)28-11-9-27(3)10-12-28;;;/h4-8,13-14,26H,9-12,15H2,1-3H3;2*1H;1H2. The first-order valence-corrected chi connectivity index (χ1v) is 10.6. The van der Waals surface area contributed by atoms with Crippen molar-refractivity contribution < 1.29 is 19.6 Å². The molecule has 3 N–H and O–H groups in total. The smallest absolute Gasteiger partial charge is 0.254 e. The molecule has 2 aromatic carbocycles. The summed E-state index contributed by atoms with van der Waals surface area (Å²) >= 11 is 0. The van der Waals surface area contributed by atoms with Gasteiger partial charge in [-0.1, -0.05) is 23.4 Å². The highest BCUT2D eigenvalue weighted by Crippen LogP contribution is 2.31. The fourth-order valence-corrected chi connectivity index (χ4v) is 4.08. The fourth-order valence-electron chi connectivity index (χ4n) is 4.08. The number of nitrogens with zero attached hydrogens (tertiary/aromatic N) is 4. The van der Waals surface area contributed by atoms with Gasteiger partial charge in [0.1, 0.15) is 11.5 Å². The van der Waals surface area contributed by atoms with Crippen molar-refractivity contribution in [1.82, 2.24) is 20.5 Å². The Labute approximate surface area is 211 Å². The third-order valence-electron chi connectivity index (χ3n) is 5.87. The van der Waals surface area contributed by atoms with Crippen LogP contribution in [0, 0.1) is 0 Å². The van der Waals surface area contributed by atoms with Gasteiger partial charge < -0.3 is 29.4 Å². The van der Waals surface area contributed by atoms with Crippen LogP contribution in [0.5, 0.6) is 5.75 Å². The first-order chi connectivity index (χ1) is 15.0. The Hall–Kier alpha value is -2.56. The zero-order valence-electron chi connectivity index (χ0n) is 19.4. The van der Waals surface area contributed by atoms with Gasteiger partial charge >= 0.3 is 0 Å². The van der Waals surface area contributed by atoms with Crippen LogP contribution in [-0.2, 0) is 17.0 Å². The molecule has 2 aliphatic heterocycles. The van der Waals surface area contributed by atoms with E-state index < -0.39 is 5.54 Å². The van der Waals surface area contributed by atoms with E-state index in [2.05, 4.69) is 62.8 Å². The summed E-state index contributed by atoms with van der Waals surface area (Å²) in [7, 11) is 2.17. The van der Waals surface area contributed by atoms with E-state index >= 15 is 0 Å². The third kappa shape index (κ3) is 5.56. The summed E-state index contributed by atoms with van der Waals surface area (Å²) < 4.78 is 11.4. The summed E-state index contributed by atoms with van der Waals surface area (Å²) in [5.41, 5.74) is 3.53. The van der Waals surface area contributed by atoms with Crippen molar-refractivity contribution in [2.24, 2.45) is 0 Å². The van der Waals surface area contributed by atoms with Crippen LogP contribution in [0.3, 0.4) is 0 Å². The van der Waals surface area contributed by atoms with Gasteiger partial charge in [0.25, 0.3) is 5.89 Å². The molecule has 0 spiro atoms. The summed E-state index contributed by atoms with van der Waals surface area (Å²) in [6, 6.07) is 12.6. The van der Waals surface area contributed by atoms with E-state index in [-0.39, 0.29) is 36.9 Å². The van der Waals surface area contributed by atoms with Crippen molar-refractivity contribution in [2.75, 3.05) is 38.1 Å². The highest BCUT2D eigenvalue weighted by molar-refractivity contribution is 5.95. The number of ether oxygens (including phenoxy) is 1. The molecule has 34 heavy (non-hydrogen) atoms. The van der Waals surface area contributed by atoms with Gasteiger partial charge in [0.05, 0.1) is 0 Å². The quantitative estimate of drug-likeness (QED) is 0.556. The third-order valence-corrected chi connectivity index (χ3v) is 5.87. The van der Waals surface area contributed by atoms with Gasteiger partial charge in [-0.2, -0.15) is 4.98 Å². The van der Waals surface area contributed by atoms with E-state index in [0.717, 1.165) is 37.7 Å². The molecule has 3 heterocycles. The number of allylic oxidation sites excluding steroid dienone is 1. The fraction of sp³-hybridized carbons (Fsp3) is 0.391. The molecular formula is C23H31Cl2N5O4. The topological polar surface area (TPSA) is 107 Å². The van der Waals surface area contributed by atoms with E-state index in [1.165, 1.54) is 16.5 Å². The molecule has 1 unspecified atom stereocenters. The molecule has 0 saturated carbocycles. The Morgan fingerprint density at radius 1 is 1.12 bits per heavy atom. The lowest BCUT2D eigenvalue weighted by molar-refractivity contribution is 0.0715. The molecule has 11 heteroatoms. The summed E-state index contributed by atoms with van der Waals surface area (Å²) in [4.78, 5) is 14.6. The van der Waals surface area contributed by atoms with E-state index in [4.69, 9.17) is 14.1 Å². The van der Waals surface area contributed by atoms with Crippen LogP contribution in [-0.4, -0.2) is 53.7 Å².